The van der Waals surface area contributed by atoms with Crippen molar-refractivity contribution in [2.45, 2.75) is 13.8 Å². The monoisotopic (exact) mass is 276 g/mol. The zero-order chi connectivity index (χ0) is 15.7. The lowest BCUT2D eigenvalue weighted by molar-refractivity contribution is -0.115. The van der Waals surface area contributed by atoms with Crippen LogP contribution < -0.4 is 10.6 Å². The number of aryl methyl sites for hydroxylation is 2. The molecular formula is C13H21BN4O2. The second-order valence-corrected chi connectivity index (χ2v) is 4.78. The van der Waals surface area contributed by atoms with E-state index in [4.69, 9.17) is 7.85 Å². The highest BCUT2D eigenvalue weighted by molar-refractivity contribution is 6.57. The number of amides is 2. The van der Waals surface area contributed by atoms with Gasteiger partial charge in [0.2, 0.25) is 13.8 Å². The van der Waals surface area contributed by atoms with E-state index < -0.39 is 5.81 Å². The van der Waals surface area contributed by atoms with Gasteiger partial charge in [0, 0.05) is 5.69 Å². The maximum absolute atomic E-state index is 11.3. The predicted molar refractivity (Wildman–Crippen MR) is 81.1 cm³/mol. The van der Waals surface area contributed by atoms with Gasteiger partial charge in [0.15, 0.2) is 5.81 Å². The number of carbonyl (C=O) groups is 2. The van der Waals surface area contributed by atoms with Crippen LogP contribution in [-0.2, 0) is 4.79 Å². The Kier molecular flexibility index (Phi) is 8.23. The molecule has 7 heteroatoms. The predicted octanol–water partition coefficient (Wildman–Crippen LogP) is 0.693. The lowest BCUT2D eigenvalue weighted by atomic mass is 10.1. The minimum atomic E-state index is -0.733. The molecule has 6 nitrogen and oxygen atoms in total. The third kappa shape index (κ3) is 10.1. The van der Waals surface area contributed by atoms with E-state index in [1.807, 2.05) is 46.0 Å². The van der Waals surface area contributed by atoms with Crippen LogP contribution in [0, 0.1) is 13.8 Å². The Morgan fingerprint density at radius 3 is 2.25 bits per heavy atom. The number of nitrogens with one attached hydrogen (secondary N) is 2. The average Bonchev–Trinajstić information content (AvgIpc) is 2.24. The Hall–Kier alpha value is -1.89. The van der Waals surface area contributed by atoms with E-state index in [1.165, 1.54) is 0 Å². The van der Waals surface area contributed by atoms with Gasteiger partial charge in [0.25, 0.3) is 0 Å². The number of anilines is 1. The summed E-state index contributed by atoms with van der Waals surface area (Å²) in [5, 5.41) is 4.75. The van der Waals surface area contributed by atoms with E-state index >= 15 is 0 Å². The number of aromatic nitrogens is 1. The van der Waals surface area contributed by atoms with E-state index in [2.05, 4.69) is 15.6 Å². The number of hydrogen-bond donors (Lipinski definition) is 2. The van der Waals surface area contributed by atoms with E-state index in [1.54, 1.807) is 6.07 Å². The first-order chi connectivity index (χ1) is 9.20. The summed E-state index contributed by atoms with van der Waals surface area (Å²) < 4.78 is 0. The molecule has 0 saturated heterocycles. The largest absolute Gasteiger partial charge is 0.357 e. The first kappa shape index (κ1) is 18.1. The molecule has 0 saturated carbocycles. The minimum absolute atomic E-state index is 0.163. The van der Waals surface area contributed by atoms with Crippen molar-refractivity contribution in [3.63, 3.8) is 0 Å². The van der Waals surface area contributed by atoms with Crippen LogP contribution in [0.5, 0.6) is 0 Å². The Labute approximate surface area is 121 Å². The molecule has 0 aliphatic rings. The molecule has 1 heterocycles. The van der Waals surface area contributed by atoms with Crippen LogP contribution in [0.25, 0.3) is 0 Å². The molecule has 1 aromatic heterocycles. The molecule has 0 aromatic carbocycles. The van der Waals surface area contributed by atoms with Gasteiger partial charge in [-0.1, -0.05) is 0 Å². The molecule has 2 N–H and O–H groups in total. The minimum Gasteiger partial charge on any atom is -0.357 e. The third-order valence-electron chi connectivity index (χ3n) is 1.79. The van der Waals surface area contributed by atoms with Crippen molar-refractivity contribution in [1.29, 1.82) is 0 Å². The van der Waals surface area contributed by atoms with Gasteiger partial charge < -0.3 is 15.5 Å². The molecule has 0 spiro atoms. The quantitative estimate of drug-likeness (QED) is 0.797. The molecule has 20 heavy (non-hydrogen) atoms. The normalized spacial score (nSPS) is 9.50. The molecule has 2 radical (unpaired) electrons. The topological polar surface area (TPSA) is 74.3 Å². The fourth-order valence-electron chi connectivity index (χ4n) is 1.26. The van der Waals surface area contributed by atoms with Gasteiger partial charge in [-0.25, -0.2) is 4.98 Å². The number of pyridine rings is 1. The van der Waals surface area contributed by atoms with Crippen molar-refractivity contribution in [3.8, 4) is 0 Å². The molecule has 0 aliphatic heterocycles. The Morgan fingerprint density at radius 1 is 1.25 bits per heavy atom. The zero-order valence-corrected chi connectivity index (χ0v) is 12.7. The SMILES string of the molecule is CN(C)C.[B]C(=O)NCC(=O)Nc1cc(C)cc(C)n1. The van der Waals surface area contributed by atoms with E-state index in [0.717, 1.165) is 11.3 Å². The molecule has 0 atom stereocenters. The summed E-state index contributed by atoms with van der Waals surface area (Å²) in [6, 6.07) is 3.65. The number of nitrogens with zero attached hydrogens (tertiary/aromatic N) is 2. The lowest BCUT2D eigenvalue weighted by Crippen LogP contribution is -2.32. The summed E-state index contributed by atoms with van der Waals surface area (Å²) >= 11 is 0. The highest BCUT2D eigenvalue weighted by Gasteiger charge is 2.04. The van der Waals surface area contributed by atoms with Crippen LogP contribution >= 0.6 is 0 Å². The van der Waals surface area contributed by atoms with Crippen molar-refractivity contribution >= 4 is 25.4 Å². The Balaban J connectivity index is 0.000000796. The van der Waals surface area contributed by atoms with Crippen molar-refractivity contribution in [2.75, 3.05) is 33.0 Å². The molecule has 0 bridgehead atoms. The van der Waals surface area contributed by atoms with Crippen LogP contribution in [-0.4, -0.2) is 57.1 Å². The maximum Gasteiger partial charge on any atom is 0.244 e. The molecule has 1 aromatic rings. The average molecular weight is 276 g/mol. The second-order valence-electron chi connectivity index (χ2n) is 4.78. The molecule has 2 amide bonds. The van der Waals surface area contributed by atoms with Crippen LogP contribution in [0.2, 0.25) is 0 Å². The van der Waals surface area contributed by atoms with Gasteiger partial charge in [-0.15, -0.1) is 0 Å². The fraction of sp³-hybridized carbons (Fsp3) is 0.462. The van der Waals surface area contributed by atoms with Crippen molar-refractivity contribution < 1.29 is 9.59 Å². The van der Waals surface area contributed by atoms with Crippen LogP contribution in [0.3, 0.4) is 0 Å². The van der Waals surface area contributed by atoms with Gasteiger partial charge in [0.1, 0.15) is 5.82 Å². The van der Waals surface area contributed by atoms with Crippen LogP contribution in [0.4, 0.5) is 10.6 Å². The van der Waals surface area contributed by atoms with Crippen molar-refractivity contribution in [3.05, 3.63) is 23.4 Å². The number of rotatable bonds is 3. The van der Waals surface area contributed by atoms with E-state index in [9.17, 15) is 9.59 Å². The molecule has 0 unspecified atom stereocenters. The summed E-state index contributed by atoms with van der Waals surface area (Å²) in [6.07, 6.45) is 0. The standard InChI is InChI=1S/C10H12BN3O2.C3H9N/c1-6-3-7(2)13-8(4-6)14-9(15)5-12-10(11)16;1-4(2)3/h3-4H,5H2,1-2H3,(H,12,16)(H,13,14,15);1-3H3. The maximum atomic E-state index is 11.3. The zero-order valence-electron chi connectivity index (χ0n) is 12.7. The summed E-state index contributed by atoms with van der Waals surface area (Å²) in [5.74, 6) is -0.631. The van der Waals surface area contributed by atoms with Crippen molar-refractivity contribution in [2.24, 2.45) is 0 Å². The van der Waals surface area contributed by atoms with Crippen LogP contribution in [0.1, 0.15) is 11.3 Å². The van der Waals surface area contributed by atoms with Crippen molar-refractivity contribution in [1.82, 2.24) is 15.2 Å². The van der Waals surface area contributed by atoms with Gasteiger partial charge in [-0.3, -0.25) is 9.59 Å². The Bertz CT molecular complexity index is 441. The van der Waals surface area contributed by atoms with Gasteiger partial charge in [-0.05, 0) is 52.7 Å². The lowest BCUT2D eigenvalue weighted by Gasteiger charge is -2.06. The number of carbonyl (C=O) groups excluding carboxylic acids is 2. The molecular weight excluding hydrogens is 255 g/mol. The van der Waals surface area contributed by atoms with Crippen LogP contribution in [0.15, 0.2) is 12.1 Å². The second kappa shape index (κ2) is 9.09. The van der Waals surface area contributed by atoms with E-state index in [-0.39, 0.29) is 12.5 Å². The smallest absolute Gasteiger partial charge is 0.244 e. The molecule has 1 rings (SSSR count). The summed E-state index contributed by atoms with van der Waals surface area (Å²) in [5.41, 5.74) is 1.82. The third-order valence-corrected chi connectivity index (χ3v) is 1.79. The summed E-state index contributed by atoms with van der Waals surface area (Å²) in [4.78, 5) is 27.8. The number of hydrogen-bond acceptors (Lipinski definition) is 4. The molecule has 108 valence electrons. The molecule has 0 fully saturated rings. The van der Waals surface area contributed by atoms with Gasteiger partial charge >= 0.3 is 0 Å². The summed E-state index contributed by atoms with van der Waals surface area (Å²) in [7, 11) is 10.8. The first-order valence-electron chi connectivity index (χ1n) is 6.10. The molecule has 0 aliphatic carbocycles. The highest BCUT2D eigenvalue weighted by atomic mass is 16.2. The van der Waals surface area contributed by atoms with Gasteiger partial charge in [0.05, 0.1) is 6.54 Å². The Morgan fingerprint density at radius 2 is 1.80 bits per heavy atom. The summed E-state index contributed by atoms with van der Waals surface area (Å²) in [6.45, 7) is 3.58. The highest BCUT2D eigenvalue weighted by Crippen LogP contribution is 2.08. The van der Waals surface area contributed by atoms with Gasteiger partial charge in [-0.2, -0.15) is 0 Å². The fourth-order valence-corrected chi connectivity index (χ4v) is 1.26. The first-order valence-corrected chi connectivity index (χ1v) is 6.10. The van der Waals surface area contributed by atoms with E-state index in [0.29, 0.717) is 5.82 Å².